The average Bonchev–Trinajstić information content (AvgIpc) is 2.51. The van der Waals surface area contributed by atoms with Gasteiger partial charge in [0.25, 0.3) is 5.91 Å². The molecular weight excluding hydrogens is 292 g/mol. The maximum atomic E-state index is 13.1. The third kappa shape index (κ3) is 4.02. The van der Waals surface area contributed by atoms with Crippen molar-refractivity contribution in [3.05, 3.63) is 59.7 Å². The molecule has 1 amide bonds. The van der Waals surface area contributed by atoms with Crippen LogP contribution in [-0.4, -0.2) is 23.7 Å². The Kier molecular flexibility index (Phi) is 5.06. The summed E-state index contributed by atoms with van der Waals surface area (Å²) in [7, 11) is 0. The number of nitrogens with one attached hydrogen (secondary N) is 1. The van der Waals surface area contributed by atoms with Crippen LogP contribution in [-0.2, 0) is 0 Å². The highest BCUT2D eigenvalue weighted by molar-refractivity contribution is 5.94. The normalized spacial score (nSPS) is 11.8. The molecule has 0 radical (unpaired) electrons. The molecule has 2 N–H and O–H groups in total. The predicted octanol–water partition coefficient (Wildman–Crippen LogP) is 2.87. The van der Waals surface area contributed by atoms with Crippen LogP contribution in [0.2, 0.25) is 0 Å². The molecule has 0 spiro atoms. The van der Waals surface area contributed by atoms with Crippen molar-refractivity contribution in [1.29, 1.82) is 0 Å². The second-order valence-electron chi connectivity index (χ2n) is 4.76. The maximum absolute atomic E-state index is 13.1. The zero-order chi connectivity index (χ0) is 16.1. The molecule has 22 heavy (non-hydrogen) atoms. The van der Waals surface area contributed by atoms with E-state index in [2.05, 4.69) is 5.32 Å². The third-order valence-electron chi connectivity index (χ3n) is 2.89. The molecule has 6 heteroatoms. The van der Waals surface area contributed by atoms with Crippen LogP contribution in [0.3, 0.4) is 0 Å². The molecule has 0 saturated carbocycles. The van der Waals surface area contributed by atoms with Crippen LogP contribution < -0.4 is 10.1 Å². The lowest BCUT2D eigenvalue weighted by atomic mass is 10.2. The average molecular weight is 307 g/mol. The van der Waals surface area contributed by atoms with Gasteiger partial charge in [0.1, 0.15) is 11.5 Å². The summed E-state index contributed by atoms with van der Waals surface area (Å²) >= 11 is 0. The number of aliphatic hydroxyl groups excluding tert-OH is 1. The predicted molar refractivity (Wildman–Crippen MR) is 76.9 cm³/mol. The molecular formula is C16H15F2NO3. The minimum atomic E-state index is -0.994. The van der Waals surface area contributed by atoms with Gasteiger partial charge in [-0.2, -0.15) is 0 Å². The zero-order valence-corrected chi connectivity index (χ0v) is 11.8. The van der Waals surface area contributed by atoms with E-state index < -0.39 is 11.6 Å². The monoisotopic (exact) mass is 307 g/mol. The number of aliphatic hydroxyl groups is 1. The molecule has 4 nitrogen and oxygen atoms in total. The summed E-state index contributed by atoms with van der Waals surface area (Å²) < 4.78 is 31.3. The number of amides is 1. The Morgan fingerprint density at radius 3 is 2.36 bits per heavy atom. The first kappa shape index (κ1) is 15.9. The molecule has 0 aliphatic rings. The number of hydrogen-bond donors (Lipinski definition) is 2. The van der Waals surface area contributed by atoms with Gasteiger partial charge in [-0.25, -0.2) is 8.78 Å². The SMILES string of the molecule is CC(CO)NC(=O)c1ccc(Oc2ccc(F)c(F)c2)cc1. The van der Waals surface area contributed by atoms with Gasteiger partial charge >= 0.3 is 0 Å². The van der Waals surface area contributed by atoms with E-state index in [1.54, 1.807) is 19.1 Å². The van der Waals surface area contributed by atoms with Gasteiger partial charge < -0.3 is 15.2 Å². The molecule has 0 heterocycles. The first-order valence-corrected chi connectivity index (χ1v) is 6.64. The van der Waals surface area contributed by atoms with Gasteiger partial charge in [0.2, 0.25) is 0 Å². The molecule has 2 rings (SSSR count). The summed E-state index contributed by atoms with van der Waals surface area (Å²) in [6.45, 7) is 1.53. The molecule has 0 saturated heterocycles. The second-order valence-corrected chi connectivity index (χ2v) is 4.76. The van der Waals surface area contributed by atoms with Gasteiger partial charge in [-0.3, -0.25) is 4.79 Å². The first-order valence-electron chi connectivity index (χ1n) is 6.64. The summed E-state index contributed by atoms with van der Waals surface area (Å²) in [6, 6.07) is 9.04. The lowest BCUT2D eigenvalue weighted by Gasteiger charge is -2.11. The van der Waals surface area contributed by atoms with Gasteiger partial charge in [0.05, 0.1) is 6.61 Å². The topological polar surface area (TPSA) is 58.6 Å². The molecule has 0 aliphatic heterocycles. The van der Waals surface area contributed by atoms with Crippen molar-refractivity contribution >= 4 is 5.91 Å². The quantitative estimate of drug-likeness (QED) is 0.893. The van der Waals surface area contributed by atoms with E-state index in [0.29, 0.717) is 11.3 Å². The number of carbonyl (C=O) groups is 1. The van der Waals surface area contributed by atoms with Crippen LogP contribution >= 0.6 is 0 Å². The van der Waals surface area contributed by atoms with Crippen LogP contribution in [0.1, 0.15) is 17.3 Å². The summed E-state index contributed by atoms with van der Waals surface area (Å²) in [6.07, 6.45) is 0. The molecule has 0 bridgehead atoms. The highest BCUT2D eigenvalue weighted by Gasteiger charge is 2.09. The van der Waals surface area contributed by atoms with Gasteiger partial charge in [0, 0.05) is 17.7 Å². The first-order chi connectivity index (χ1) is 10.5. The Balaban J connectivity index is 2.05. The smallest absolute Gasteiger partial charge is 0.251 e. The van der Waals surface area contributed by atoms with Crippen LogP contribution in [0.5, 0.6) is 11.5 Å². The van der Waals surface area contributed by atoms with Crippen molar-refractivity contribution in [3.63, 3.8) is 0 Å². The largest absolute Gasteiger partial charge is 0.457 e. The Labute approximate surface area is 126 Å². The highest BCUT2D eigenvalue weighted by atomic mass is 19.2. The Morgan fingerprint density at radius 1 is 1.14 bits per heavy atom. The number of benzene rings is 2. The fraction of sp³-hybridized carbons (Fsp3) is 0.188. The minimum Gasteiger partial charge on any atom is -0.457 e. The molecule has 0 aliphatic carbocycles. The molecule has 2 aromatic rings. The summed E-state index contributed by atoms with van der Waals surface area (Å²) in [4.78, 5) is 11.8. The van der Waals surface area contributed by atoms with Crippen LogP contribution in [0.4, 0.5) is 8.78 Å². The van der Waals surface area contributed by atoms with E-state index in [0.717, 1.165) is 12.1 Å². The molecule has 2 aromatic carbocycles. The van der Waals surface area contributed by atoms with Crippen molar-refractivity contribution in [2.45, 2.75) is 13.0 Å². The van der Waals surface area contributed by atoms with Gasteiger partial charge in [-0.05, 0) is 43.3 Å². The third-order valence-corrected chi connectivity index (χ3v) is 2.89. The standard InChI is InChI=1S/C16H15F2NO3/c1-10(9-20)19-16(21)11-2-4-12(5-3-11)22-13-6-7-14(17)15(18)8-13/h2-8,10,20H,9H2,1H3,(H,19,21). The number of rotatable bonds is 5. The van der Waals surface area contributed by atoms with Crippen LogP contribution in [0.25, 0.3) is 0 Å². The van der Waals surface area contributed by atoms with E-state index in [1.165, 1.54) is 18.2 Å². The van der Waals surface area contributed by atoms with Gasteiger partial charge in [-0.15, -0.1) is 0 Å². The number of halogens is 2. The number of ether oxygens (including phenoxy) is 1. The number of carbonyl (C=O) groups excluding carboxylic acids is 1. The Bertz CT molecular complexity index is 659. The molecule has 0 aromatic heterocycles. The summed E-state index contributed by atoms with van der Waals surface area (Å²) in [5.74, 6) is -1.72. The molecule has 0 fully saturated rings. The van der Waals surface area contributed by atoms with Gasteiger partial charge in [-0.1, -0.05) is 0 Å². The Hall–Kier alpha value is -2.47. The van der Waals surface area contributed by atoms with Crippen molar-refractivity contribution in [2.75, 3.05) is 6.61 Å². The van der Waals surface area contributed by atoms with E-state index in [4.69, 9.17) is 9.84 Å². The van der Waals surface area contributed by atoms with Crippen molar-refractivity contribution in [1.82, 2.24) is 5.32 Å². The van der Waals surface area contributed by atoms with Crippen LogP contribution in [0, 0.1) is 11.6 Å². The minimum absolute atomic E-state index is 0.150. The lowest BCUT2D eigenvalue weighted by molar-refractivity contribution is 0.0922. The van der Waals surface area contributed by atoms with Crippen LogP contribution in [0.15, 0.2) is 42.5 Å². The Morgan fingerprint density at radius 2 is 1.77 bits per heavy atom. The van der Waals surface area contributed by atoms with E-state index >= 15 is 0 Å². The summed E-state index contributed by atoms with van der Waals surface area (Å²) in [5.41, 5.74) is 0.401. The van der Waals surface area contributed by atoms with Crippen molar-refractivity contribution < 1.29 is 23.4 Å². The van der Waals surface area contributed by atoms with E-state index in [9.17, 15) is 13.6 Å². The maximum Gasteiger partial charge on any atom is 0.251 e. The van der Waals surface area contributed by atoms with Gasteiger partial charge in [0.15, 0.2) is 11.6 Å². The van der Waals surface area contributed by atoms with Crippen molar-refractivity contribution in [3.8, 4) is 11.5 Å². The van der Waals surface area contributed by atoms with Crippen molar-refractivity contribution in [2.24, 2.45) is 0 Å². The van der Waals surface area contributed by atoms with E-state index in [-0.39, 0.29) is 24.3 Å². The molecule has 116 valence electrons. The highest BCUT2D eigenvalue weighted by Crippen LogP contribution is 2.23. The molecule has 1 unspecified atom stereocenters. The zero-order valence-electron chi connectivity index (χ0n) is 11.8. The second kappa shape index (κ2) is 7.00. The fourth-order valence-corrected chi connectivity index (χ4v) is 1.70. The summed E-state index contributed by atoms with van der Waals surface area (Å²) in [5, 5.41) is 11.5. The molecule has 1 atom stereocenters. The number of hydrogen-bond acceptors (Lipinski definition) is 3. The lowest BCUT2D eigenvalue weighted by Crippen LogP contribution is -2.34. The van der Waals surface area contributed by atoms with E-state index in [1.807, 2.05) is 0 Å². The fourth-order valence-electron chi connectivity index (χ4n) is 1.70.